The van der Waals surface area contributed by atoms with E-state index in [4.69, 9.17) is 16.3 Å². The van der Waals surface area contributed by atoms with Crippen molar-refractivity contribution in [1.29, 1.82) is 0 Å². The molecule has 0 saturated heterocycles. The highest BCUT2D eigenvalue weighted by atomic mass is 35.5. The summed E-state index contributed by atoms with van der Waals surface area (Å²) in [5.41, 5.74) is 0.314. The van der Waals surface area contributed by atoms with Gasteiger partial charge < -0.3 is 14.7 Å². The summed E-state index contributed by atoms with van der Waals surface area (Å²) in [4.78, 5) is 12.0. The van der Waals surface area contributed by atoms with Gasteiger partial charge in [0.1, 0.15) is 5.69 Å². The van der Waals surface area contributed by atoms with E-state index in [1.54, 1.807) is 24.1 Å². The first-order chi connectivity index (χ1) is 8.45. The maximum Gasteiger partial charge on any atom is 0.294 e. The van der Waals surface area contributed by atoms with Crippen LogP contribution >= 0.6 is 11.6 Å². The SMILES string of the molecule is COCC(O)CN(C)c1ccc(Cl)cc1[N+](=O)[O-]. The largest absolute Gasteiger partial charge is 0.389 e. The highest BCUT2D eigenvalue weighted by Crippen LogP contribution is 2.30. The van der Waals surface area contributed by atoms with Crippen LogP contribution in [-0.4, -0.2) is 43.4 Å². The van der Waals surface area contributed by atoms with Gasteiger partial charge in [0.25, 0.3) is 5.69 Å². The van der Waals surface area contributed by atoms with Crippen LogP contribution in [0.5, 0.6) is 0 Å². The molecule has 18 heavy (non-hydrogen) atoms. The fourth-order valence-electron chi connectivity index (χ4n) is 1.63. The normalized spacial score (nSPS) is 12.2. The predicted octanol–water partition coefficient (Wildman–Crippen LogP) is 1.69. The zero-order chi connectivity index (χ0) is 13.7. The lowest BCUT2D eigenvalue weighted by atomic mass is 10.2. The maximum atomic E-state index is 10.9. The Labute approximate surface area is 110 Å². The molecule has 0 radical (unpaired) electrons. The van der Waals surface area contributed by atoms with Gasteiger partial charge in [0, 0.05) is 31.8 Å². The number of rotatable bonds is 6. The lowest BCUT2D eigenvalue weighted by Crippen LogP contribution is -2.32. The molecule has 0 fully saturated rings. The lowest BCUT2D eigenvalue weighted by molar-refractivity contribution is -0.384. The topological polar surface area (TPSA) is 75.8 Å². The maximum absolute atomic E-state index is 10.9. The Morgan fingerprint density at radius 2 is 2.28 bits per heavy atom. The molecule has 1 atom stereocenters. The number of nitro benzene ring substituents is 1. The van der Waals surface area contributed by atoms with Crippen LogP contribution in [0.25, 0.3) is 0 Å². The molecular weight excluding hydrogens is 260 g/mol. The number of nitrogens with zero attached hydrogens (tertiary/aromatic N) is 2. The molecule has 0 bridgehead atoms. The molecule has 7 heteroatoms. The molecule has 0 saturated carbocycles. The summed E-state index contributed by atoms with van der Waals surface area (Å²) in [5, 5.41) is 20.8. The van der Waals surface area contributed by atoms with Gasteiger partial charge in [0.15, 0.2) is 0 Å². The second-order valence-electron chi connectivity index (χ2n) is 3.88. The second kappa shape index (κ2) is 6.53. The van der Waals surface area contributed by atoms with Gasteiger partial charge in [-0.3, -0.25) is 10.1 Å². The van der Waals surface area contributed by atoms with Crippen LogP contribution in [0.15, 0.2) is 18.2 Å². The monoisotopic (exact) mass is 274 g/mol. The number of hydrogen-bond acceptors (Lipinski definition) is 5. The fraction of sp³-hybridized carbons (Fsp3) is 0.455. The molecule has 6 nitrogen and oxygen atoms in total. The molecule has 1 aromatic rings. The van der Waals surface area contributed by atoms with Crippen LogP contribution in [0.2, 0.25) is 5.02 Å². The molecule has 0 heterocycles. The molecule has 0 aliphatic heterocycles. The average molecular weight is 275 g/mol. The quantitative estimate of drug-likeness (QED) is 0.631. The van der Waals surface area contributed by atoms with E-state index in [-0.39, 0.29) is 18.8 Å². The Hall–Kier alpha value is -1.37. The average Bonchev–Trinajstić information content (AvgIpc) is 2.28. The molecule has 0 aliphatic rings. The zero-order valence-electron chi connectivity index (χ0n) is 10.2. The molecule has 0 amide bonds. The minimum absolute atomic E-state index is 0.0883. The third-order valence-corrected chi connectivity index (χ3v) is 2.62. The Kier molecular flexibility index (Phi) is 5.33. The number of methoxy groups -OCH3 is 1. The number of aliphatic hydroxyl groups excluding tert-OH is 1. The number of nitro groups is 1. The van der Waals surface area contributed by atoms with E-state index in [1.165, 1.54) is 13.2 Å². The number of halogens is 1. The Morgan fingerprint density at radius 1 is 1.61 bits per heavy atom. The lowest BCUT2D eigenvalue weighted by Gasteiger charge is -2.22. The van der Waals surface area contributed by atoms with Crippen LogP contribution in [-0.2, 0) is 4.74 Å². The van der Waals surface area contributed by atoms with E-state index in [9.17, 15) is 15.2 Å². The van der Waals surface area contributed by atoms with Crippen molar-refractivity contribution in [2.45, 2.75) is 6.10 Å². The number of benzene rings is 1. The molecule has 1 N–H and O–H groups in total. The van der Waals surface area contributed by atoms with E-state index in [0.717, 1.165) is 0 Å². The Balaban J connectivity index is 2.91. The van der Waals surface area contributed by atoms with Gasteiger partial charge in [-0.25, -0.2) is 0 Å². The standard InChI is InChI=1S/C11H15ClN2O4/c1-13(6-9(15)7-18-2)10-4-3-8(12)5-11(10)14(16)17/h3-5,9,15H,6-7H2,1-2H3. The van der Waals surface area contributed by atoms with Crippen molar-refractivity contribution >= 4 is 23.0 Å². The first-order valence-electron chi connectivity index (χ1n) is 5.27. The Morgan fingerprint density at radius 3 is 2.83 bits per heavy atom. The number of hydrogen-bond donors (Lipinski definition) is 1. The summed E-state index contributed by atoms with van der Waals surface area (Å²) in [6, 6.07) is 4.42. The number of aliphatic hydroxyl groups is 1. The molecule has 1 unspecified atom stereocenters. The molecular formula is C11H15ClN2O4. The van der Waals surface area contributed by atoms with Crippen molar-refractivity contribution in [2.24, 2.45) is 0 Å². The van der Waals surface area contributed by atoms with Crippen LogP contribution in [0.1, 0.15) is 0 Å². The van der Waals surface area contributed by atoms with Crippen molar-refractivity contribution in [3.05, 3.63) is 33.3 Å². The zero-order valence-corrected chi connectivity index (χ0v) is 10.9. The van der Waals surface area contributed by atoms with Crippen molar-refractivity contribution in [3.8, 4) is 0 Å². The van der Waals surface area contributed by atoms with Crippen LogP contribution in [0.4, 0.5) is 11.4 Å². The van der Waals surface area contributed by atoms with Crippen LogP contribution in [0.3, 0.4) is 0 Å². The van der Waals surface area contributed by atoms with Gasteiger partial charge in [-0.2, -0.15) is 0 Å². The first-order valence-corrected chi connectivity index (χ1v) is 5.65. The van der Waals surface area contributed by atoms with E-state index in [0.29, 0.717) is 10.7 Å². The first kappa shape index (κ1) is 14.7. The summed E-state index contributed by atoms with van der Waals surface area (Å²) in [6.07, 6.45) is -0.713. The summed E-state index contributed by atoms with van der Waals surface area (Å²) < 4.78 is 4.81. The smallest absolute Gasteiger partial charge is 0.294 e. The van der Waals surface area contributed by atoms with Crippen molar-refractivity contribution in [3.63, 3.8) is 0 Å². The number of ether oxygens (including phenoxy) is 1. The van der Waals surface area contributed by atoms with Crippen LogP contribution in [0, 0.1) is 10.1 Å². The van der Waals surface area contributed by atoms with Crippen molar-refractivity contribution in [1.82, 2.24) is 0 Å². The van der Waals surface area contributed by atoms with Gasteiger partial charge >= 0.3 is 0 Å². The minimum Gasteiger partial charge on any atom is -0.389 e. The van der Waals surface area contributed by atoms with Gasteiger partial charge in [0.2, 0.25) is 0 Å². The predicted molar refractivity (Wildman–Crippen MR) is 69.3 cm³/mol. The highest BCUT2D eigenvalue weighted by Gasteiger charge is 2.19. The van der Waals surface area contributed by atoms with E-state index >= 15 is 0 Å². The van der Waals surface area contributed by atoms with Gasteiger partial charge in [-0.05, 0) is 12.1 Å². The molecule has 1 rings (SSSR count). The second-order valence-corrected chi connectivity index (χ2v) is 4.32. The molecule has 1 aromatic carbocycles. The van der Waals surface area contributed by atoms with E-state index in [2.05, 4.69) is 0 Å². The van der Waals surface area contributed by atoms with Crippen LogP contribution < -0.4 is 4.90 Å². The number of anilines is 1. The van der Waals surface area contributed by atoms with Crippen molar-refractivity contribution < 1.29 is 14.8 Å². The van der Waals surface area contributed by atoms with E-state index in [1.807, 2.05) is 0 Å². The third-order valence-electron chi connectivity index (χ3n) is 2.39. The minimum atomic E-state index is -0.713. The van der Waals surface area contributed by atoms with Gasteiger partial charge in [-0.15, -0.1) is 0 Å². The molecule has 0 aliphatic carbocycles. The summed E-state index contributed by atoms with van der Waals surface area (Å²) in [5.74, 6) is 0. The van der Waals surface area contributed by atoms with Crippen molar-refractivity contribution in [2.75, 3.05) is 32.2 Å². The molecule has 100 valence electrons. The van der Waals surface area contributed by atoms with E-state index < -0.39 is 11.0 Å². The highest BCUT2D eigenvalue weighted by molar-refractivity contribution is 6.30. The third kappa shape index (κ3) is 3.83. The molecule has 0 spiro atoms. The summed E-state index contributed by atoms with van der Waals surface area (Å²) >= 11 is 5.73. The fourth-order valence-corrected chi connectivity index (χ4v) is 1.79. The number of likely N-dealkylation sites (N-methyl/N-ethyl adjacent to an activating group) is 1. The Bertz CT molecular complexity index is 428. The molecule has 0 aromatic heterocycles. The summed E-state index contributed by atoms with van der Waals surface area (Å²) in [6.45, 7) is 0.405. The van der Waals surface area contributed by atoms with Gasteiger partial charge in [0.05, 0.1) is 17.6 Å². The van der Waals surface area contributed by atoms with Gasteiger partial charge in [-0.1, -0.05) is 11.6 Å². The summed E-state index contributed by atoms with van der Waals surface area (Å²) in [7, 11) is 3.14.